The van der Waals surface area contributed by atoms with E-state index in [-0.39, 0.29) is 17.9 Å². The Morgan fingerprint density at radius 1 is 1.19 bits per heavy atom. The lowest BCUT2D eigenvalue weighted by Crippen LogP contribution is -2.22. The number of nitrogens with zero attached hydrogens (tertiary/aromatic N) is 5. The second-order valence-electron chi connectivity index (χ2n) is 9.09. The maximum absolute atomic E-state index is 15.1. The third-order valence-electron chi connectivity index (χ3n) is 5.75. The molecule has 188 valence electrons. The molecule has 0 unspecified atom stereocenters. The van der Waals surface area contributed by atoms with E-state index in [0.717, 1.165) is 5.56 Å². The zero-order valence-electron chi connectivity index (χ0n) is 20.7. The van der Waals surface area contributed by atoms with Gasteiger partial charge in [0.2, 0.25) is 0 Å². The first-order valence-corrected chi connectivity index (χ1v) is 11.2. The Morgan fingerprint density at radius 2 is 1.97 bits per heavy atom. The molecular formula is C25H28FN7O3. The van der Waals surface area contributed by atoms with Crippen LogP contribution in [0.2, 0.25) is 0 Å². The number of carbonyl (C=O) groups is 1. The SMILES string of the molecule is Cc1c(Oc2ccnc(-c3cnn(C)c3)c2)ccc(NC(=O)Nc2cc(C(C)(C)CO)nn2C)c1F. The number of aliphatic hydroxyl groups is 1. The van der Waals surface area contributed by atoms with Gasteiger partial charge in [0.15, 0.2) is 5.82 Å². The van der Waals surface area contributed by atoms with Gasteiger partial charge in [-0.25, -0.2) is 9.18 Å². The normalized spacial score (nSPS) is 11.4. The third-order valence-corrected chi connectivity index (χ3v) is 5.75. The summed E-state index contributed by atoms with van der Waals surface area (Å²) in [7, 11) is 3.49. The number of anilines is 2. The molecule has 0 bridgehead atoms. The Morgan fingerprint density at radius 3 is 2.67 bits per heavy atom. The van der Waals surface area contributed by atoms with Crippen molar-refractivity contribution in [2.75, 3.05) is 17.2 Å². The van der Waals surface area contributed by atoms with E-state index in [1.54, 1.807) is 55.3 Å². The van der Waals surface area contributed by atoms with Gasteiger partial charge >= 0.3 is 6.03 Å². The number of hydrogen-bond donors (Lipinski definition) is 3. The summed E-state index contributed by atoms with van der Waals surface area (Å²) in [5, 5.41) is 23.2. The van der Waals surface area contributed by atoms with Gasteiger partial charge < -0.3 is 15.2 Å². The van der Waals surface area contributed by atoms with Crippen molar-refractivity contribution in [3.05, 3.63) is 66.0 Å². The molecule has 36 heavy (non-hydrogen) atoms. The monoisotopic (exact) mass is 493 g/mol. The highest BCUT2D eigenvalue weighted by Crippen LogP contribution is 2.32. The molecule has 0 aliphatic carbocycles. The summed E-state index contributed by atoms with van der Waals surface area (Å²) in [6, 6.07) is 7.48. The van der Waals surface area contributed by atoms with Crippen LogP contribution < -0.4 is 15.4 Å². The Hall–Kier alpha value is -4.25. The van der Waals surface area contributed by atoms with E-state index >= 15 is 4.39 Å². The molecule has 0 spiro atoms. The number of urea groups is 1. The summed E-state index contributed by atoms with van der Waals surface area (Å²) in [5.41, 5.74) is 1.79. The molecule has 3 N–H and O–H groups in total. The lowest BCUT2D eigenvalue weighted by molar-refractivity contribution is 0.214. The average Bonchev–Trinajstić information content (AvgIpc) is 3.45. The fourth-order valence-electron chi connectivity index (χ4n) is 3.45. The molecule has 10 nitrogen and oxygen atoms in total. The molecule has 0 atom stereocenters. The molecule has 0 saturated heterocycles. The lowest BCUT2D eigenvalue weighted by atomic mass is 9.91. The molecule has 4 aromatic rings. The molecule has 0 fully saturated rings. The fourth-order valence-corrected chi connectivity index (χ4v) is 3.45. The van der Waals surface area contributed by atoms with Gasteiger partial charge in [0, 0.05) is 55.2 Å². The minimum atomic E-state index is -0.631. The van der Waals surface area contributed by atoms with Crippen molar-refractivity contribution in [1.82, 2.24) is 24.5 Å². The number of nitrogens with one attached hydrogen (secondary N) is 2. The Kier molecular flexibility index (Phi) is 6.75. The smallest absolute Gasteiger partial charge is 0.324 e. The van der Waals surface area contributed by atoms with Crippen LogP contribution in [0.25, 0.3) is 11.3 Å². The quantitative estimate of drug-likeness (QED) is 0.352. The van der Waals surface area contributed by atoms with Gasteiger partial charge in [-0.15, -0.1) is 0 Å². The van der Waals surface area contributed by atoms with Crippen LogP contribution in [0.4, 0.5) is 20.7 Å². The van der Waals surface area contributed by atoms with Crippen molar-refractivity contribution < 1.29 is 19.0 Å². The number of halogens is 1. The third kappa shape index (κ3) is 5.20. The summed E-state index contributed by atoms with van der Waals surface area (Å²) in [4.78, 5) is 16.9. The molecule has 0 aliphatic heterocycles. The number of aryl methyl sites for hydroxylation is 2. The molecule has 1 aromatic carbocycles. The maximum Gasteiger partial charge on any atom is 0.324 e. The van der Waals surface area contributed by atoms with Gasteiger partial charge in [0.05, 0.1) is 29.9 Å². The van der Waals surface area contributed by atoms with E-state index in [1.165, 1.54) is 10.7 Å². The zero-order chi connectivity index (χ0) is 26.0. The molecule has 2 amide bonds. The summed E-state index contributed by atoms with van der Waals surface area (Å²) >= 11 is 0. The van der Waals surface area contributed by atoms with Crippen molar-refractivity contribution in [3.8, 4) is 22.8 Å². The predicted molar refractivity (Wildman–Crippen MR) is 134 cm³/mol. The van der Waals surface area contributed by atoms with Crippen molar-refractivity contribution in [2.24, 2.45) is 14.1 Å². The Bertz CT molecular complexity index is 1410. The van der Waals surface area contributed by atoms with E-state index in [4.69, 9.17) is 4.74 Å². The number of hydrogen-bond acceptors (Lipinski definition) is 6. The highest BCUT2D eigenvalue weighted by Gasteiger charge is 2.24. The fraction of sp³-hybridized carbons (Fsp3) is 0.280. The first-order chi connectivity index (χ1) is 17.1. The van der Waals surface area contributed by atoms with Crippen LogP contribution in [0, 0.1) is 12.7 Å². The summed E-state index contributed by atoms with van der Waals surface area (Å²) < 4.78 is 24.2. The number of aliphatic hydroxyl groups excluding tert-OH is 1. The minimum Gasteiger partial charge on any atom is -0.457 e. The molecule has 4 rings (SSSR count). The van der Waals surface area contributed by atoms with Crippen molar-refractivity contribution in [3.63, 3.8) is 0 Å². The minimum absolute atomic E-state index is 0.00112. The van der Waals surface area contributed by atoms with Crippen LogP contribution in [0.3, 0.4) is 0 Å². The first-order valence-electron chi connectivity index (χ1n) is 11.2. The van der Waals surface area contributed by atoms with Gasteiger partial charge in [0.1, 0.15) is 17.3 Å². The van der Waals surface area contributed by atoms with E-state index in [9.17, 15) is 9.90 Å². The number of carbonyl (C=O) groups excluding carboxylic acids is 1. The van der Waals surface area contributed by atoms with E-state index < -0.39 is 17.3 Å². The molecule has 0 saturated carbocycles. The predicted octanol–water partition coefficient (Wildman–Crippen LogP) is 4.37. The number of aromatic nitrogens is 5. The van der Waals surface area contributed by atoms with E-state index in [1.807, 2.05) is 27.1 Å². The van der Waals surface area contributed by atoms with Crippen LogP contribution in [-0.2, 0) is 19.5 Å². The highest BCUT2D eigenvalue weighted by molar-refractivity contribution is 5.99. The maximum atomic E-state index is 15.1. The molecule has 0 aliphatic rings. The molecule has 11 heteroatoms. The van der Waals surface area contributed by atoms with Crippen LogP contribution in [-0.4, -0.2) is 42.3 Å². The zero-order valence-corrected chi connectivity index (χ0v) is 20.7. The van der Waals surface area contributed by atoms with Crippen molar-refractivity contribution >= 4 is 17.5 Å². The number of ether oxygens (including phenoxy) is 1. The second kappa shape index (κ2) is 9.78. The number of pyridine rings is 1. The standard InChI is InChI=1S/C25H28FN7O3/c1-15-20(36-17-8-9-27-19(10-17)16-12-28-32(4)13-16)7-6-18(23(15)26)29-24(35)30-22-11-21(31-33(22)5)25(2,3)14-34/h6-13,34H,14H2,1-5H3,(H2,29,30,35). The Labute approximate surface area is 207 Å². The first kappa shape index (κ1) is 24.9. The topological polar surface area (TPSA) is 119 Å². The molecule has 3 heterocycles. The van der Waals surface area contributed by atoms with Crippen molar-refractivity contribution in [1.29, 1.82) is 0 Å². The lowest BCUT2D eigenvalue weighted by Gasteiger charge is -2.17. The van der Waals surface area contributed by atoms with Crippen LogP contribution in [0.15, 0.2) is 48.9 Å². The molecule has 0 radical (unpaired) electrons. The largest absolute Gasteiger partial charge is 0.457 e. The Balaban J connectivity index is 1.47. The van der Waals surface area contributed by atoms with Crippen LogP contribution >= 0.6 is 0 Å². The van der Waals surface area contributed by atoms with Gasteiger partial charge in [-0.2, -0.15) is 10.2 Å². The highest BCUT2D eigenvalue weighted by atomic mass is 19.1. The second-order valence-corrected chi connectivity index (χ2v) is 9.09. The van der Waals surface area contributed by atoms with Crippen LogP contribution in [0.5, 0.6) is 11.5 Å². The van der Waals surface area contributed by atoms with Gasteiger partial charge in [-0.3, -0.25) is 19.7 Å². The number of benzene rings is 1. The van der Waals surface area contributed by atoms with Gasteiger partial charge in [0.25, 0.3) is 0 Å². The van der Waals surface area contributed by atoms with Crippen LogP contribution in [0.1, 0.15) is 25.1 Å². The van der Waals surface area contributed by atoms with Crippen molar-refractivity contribution in [2.45, 2.75) is 26.2 Å². The van der Waals surface area contributed by atoms with E-state index in [0.29, 0.717) is 28.7 Å². The number of rotatable bonds is 7. The summed E-state index contributed by atoms with van der Waals surface area (Å²) in [6.45, 7) is 5.15. The van der Waals surface area contributed by atoms with E-state index in [2.05, 4.69) is 25.8 Å². The average molecular weight is 494 g/mol. The van der Waals surface area contributed by atoms with Gasteiger partial charge in [-0.1, -0.05) is 13.8 Å². The molecular weight excluding hydrogens is 465 g/mol. The number of amides is 2. The molecule has 3 aromatic heterocycles. The van der Waals surface area contributed by atoms with Gasteiger partial charge in [-0.05, 0) is 25.1 Å². The summed E-state index contributed by atoms with van der Waals surface area (Å²) in [6.07, 6.45) is 5.14. The summed E-state index contributed by atoms with van der Waals surface area (Å²) in [5.74, 6) is 0.589.